The Balaban J connectivity index is 0.000000214. The van der Waals surface area contributed by atoms with E-state index in [9.17, 15) is 13.6 Å². The molecule has 188 valence electrons. The molecule has 9 nitrogen and oxygen atoms in total. The zero-order valence-electron chi connectivity index (χ0n) is 19.9. The van der Waals surface area contributed by atoms with E-state index in [1.807, 2.05) is 6.92 Å². The van der Waals surface area contributed by atoms with Crippen LogP contribution in [0.25, 0.3) is 10.5 Å². The molecule has 1 amide bonds. The van der Waals surface area contributed by atoms with Gasteiger partial charge in [0.25, 0.3) is 12.3 Å². The van der Waals surface area contributed by atoms with Gasteiger partial charge in [0.05, 0.1) is 31.7 Å². The molecule has 0 spiro atoms. The topological polar surface area (TPSA) is 112 Å². The molecule has 1 aliphatic rings. The van der Waals surface area contributed by atoms with E-state index in [-0.39, 0.29) is 11.6 Å². The lowest BCUT2D eigenvalue weighted by atomic mass is 10.2. The smallest absolute Gasteiger partial charge is 0.280 e. The standard InChI is InChI=1S/C16H15N5O2S.C8H9F2NO/c1-9-2-5-11(6-17-9)14(22)21-16-20-13-15(24-16)19-12(7-18-13)23-8-10-3-4-10;1-5-3-6(8(9)10)11-4-7(5)12-2/h2,5-7,10H,3-4,8H2,1H3,(H,18,20,21,22);3-4,8H,1-2H3. The molecule has 4 aromatic heterocycles. The van der Waals surface area contributed by atoms with Crippen LogP contribution in [0.3, 0.4) is 0 Å². The Labute approximate surface area is 210 Å². The van der Waals surface area contributed by atoms with Crippen molar-refractivity contribution in [3.63, 3.8) is 0 Å². The van der Waals surface area contributed by atoms with Crippen molar-refractivity contribution in [1.82, 2.24) is 24.9 Å². The second-order valence-corrected chi connectivity index (χ2v) is 9.11. The van der Waals surface area contributed by atoms with E-state index in [4.69, 9.17) is 9.47 Å². The second kappa shape index (κ2) is 11.3. The number of aromatic nitrogens is 5. The number of pyridine rings is 2. The van der Waals surface area contributed by atoms with Crippen molar-refractivity contribution in [3.8, 4) is 11.6 Å². The molecule has 1 fully saturated rings. The lowest BCUT2D eigenvalue weighted by Crippen LogP contribution is -2.11. The minimum Gasteiger partial charge on any atom is -0.495 e. The number of methoxy groups -OCH3 is 1. The molecule has 12 heteroatoms. The van der Waals surface area contributed by atoms with Gasteiger partial charge in [-0.3, -0.25) is 20.1 Å². The van der Waals surface area contributed by atoms with E-state index in [2.05, 4.69) is 30.2 Å². The van der Waals surface area contributed by atoms with Crippen LogP contribution in [-0.2, 0) is 0 Å². The minimum atomic E-state index is -2.52. The summed E-state index contributed by atoms with van der Waals surface area (Å²) in [6.45, 7) is 4.25. The van der Waals surface area contributed by atoms with E-state index in [0.717, 1.165) is 5.69 Å². The quantitative estimate of drug-likeness (QED) is 0.360. The Bertz CT molecular complexity index is 1350. The second-order valence-electron chi connectivity index (χ2n) is 8.13. The van der Waals surface area contributed by atoms with E-state index in [1.165, 1.54) is 49.7 Å². The number of nitrogens with one attached hydrogen (secondary N) is 1. The maximum atomic E-state index is 12.2. The normalized spacial score (nSPS) is 12.7. The van der Waals surface area contributed by atoms with Gasteiger partial charge in [-0.15, -0.1) is 0 Å². The molecule has 4 aromatic rings. The molecular formula is C24H24F2N6O3S. The van der Waals surface area contributed by atoms with E-state index >= 15 is 0 Å². The number of halogens is 2. The zero-order chi connectivity index (χ0) is 25.7. The molecule has 0 bridgehead atoms. The number of alkyl halides is 2. The largest absolute Gasteiger partial charge is 0.495 e. The van der Waals surface area contributed by atoms with Crippen LogP contribution in [0.1, 0.15) is 46.6 Å². The number of carbonyl (C=O) groups excluding carboxylic acids is 1. The molecule has 1 saturated carbocycles. The van der Waals surface area contributed by atoms with Crippen molar-refractivity contribution in [1.29, 1.82) is 0 Å². The van der Waals surface area contributed by atoms with Crippen LogP contribution in [0.5, 0.6) is 11.6 Å². The first-order valence-corrected chi connectivity index (χ1v) is 11.9. The van der Waals surface area contributed by atoms with Crippen LogP contribution >= 0.6 is 11.3 Å². The van der Waals surface area contributed by atoms with Gasteiger partial charge < -0.3 is 9.47 Å². The third-order valence-electron chi connectivity index (χ3n) is 5.19. The fourth-order valence-electron chi connectivity index (χ4n) is 2.99. The van der Waals surface area contributed by atoms with Gasteiger partial charge in [-0.05, 0) is 56.4 Å². The van der Waals surface area contributed by atoms with Crippen molar-refractivity contribution >= 4 is 32.9 Å². The van der Waals surface area contributed by atoms with Crippen molar-refractivity contribution in [2.24, 2.45) is 5.92 Å². The van der Waals surface area contributed by atoms with Crippen LogP contribution in [0.2, 0.25) is 0 Å². The molecule has 0 aromatic carbocycles. The summed E-state index contributed by atoms with van der Waals surface area (Å²) >= 11 is 1.27. The third-order valence-corrected chi connectivity index (χ3v) is 6.04. The van der Waals surface area contributed by atoms with Gasteiger partial charge in [-0.2, -0.15) is 9.97 Å². The highest BCUT2D eigenvalue weighted by Gasteiger charge is 2.22. The SMILES string of the molecule is COc1cnc(C(F)F)cc1C.Cc1ccc(C(=O)Nc2nc3ncc(OCC4CC4)nc3s2)cn1. The van der Waals surface area contributed by atoms with Gasteiger partial charge in [0, 0.05) is 11.9 Å². The Morgan fingerprint density at radius 1 is 1.14 bits per heavy atom. The molecular weight excluding hydrogens is 490 g/mol. The van der Waals surface area contributed by atoms with Gasteiger partial charge in [0.1, 0.15) is 11.4 Å². The molecule has 4 heterocycles. The Kier molecular flexibility index (Phi) is 7.93. The average molecular weight is 515 g/mol. The lowest BCUT2D eigenvalue weighted by Gasteiger charge is -2.05. The van der Waals surface area contributed by atoms with Gasteiger partial charge >= 0.3 is 0 Å². The number of fused-ring (bicyclic) bond motifs is 1. The molecule has 1 aliphatic carbocycles. The van der Waals surface area contributed by atoms with Crippen LogP contribution in [0.4, 0.5) is 13.9 Å². The summed E-state index contributed by atoms with van der Waals surface area (Å²) in [4.78, 5) is 33.4. The monoisotopic (exact) mass is 514 g/mol. The number of aryl methyl sites for hydroxylation is 2. The maximum Gasteiger partial charge on any atom is 0.280 e. The Morgan fingerprint density at radius 3 is 2.58 bits per heavy atom. The molecule has 0 radical (unpaired) electrons. The first-order chi connectivity index (χ1) is 17.3. The van der Waals surface area contributed by atoms with Gasteiger partial charge in [-0.1, -0.05) is 11.3 Å². The number of rotatable bonds is 7. The van der Waals surface area contributed by atoms with Crippen LogP contribution in [0, 0.1) is 19.8 Å². The zero-order valence-corrected chi connectivity index (χ0v) is 20.7. The molecule has 0 aliphatic heterocycles. The number of anilines is 1. The van der Waals surface area contributed by atoms with Gasteiger partial charge in [0.2, 0.25) is 5.88 Å². The number of carbonyl (C=O) groups is 1. The summed E-state index contributed by atoms with van der Waals surface area (Å²) in [5.74, 6) is 1.42. The summed E-state index contributed by atoms with van der Waals surface area (Å²) in [6.07, 6.45) is 4.34. The summed E-state index contributed by atoms with van der Waals surface area (Å²) in [6, 6.07) is 4.84. The van der Waals surface area contributed by atoms with E-state index < -0.39 is 6.43 Å². The van der Waals surface area contributed by atoms with Crippen molar-refractivity contribution in [2.75, 3.05) is 19.0 Å². The summed E-state index contributed by atoms with van der Waals surface area (Å²) in [5, 5.41) is 3.21. The average Bonchev–Trinajstić information content (AvgIpc) is 3.61. The predicted molar refractivity (Wildman–Crippen MR) is 131 cm³/mol. The summed E-state index contributed by atoms with van der Waals surface area (Å²) < 4.78 is 34.6. The molecule has 36 heavy (non-hydrogen) atoms. The highest BCUT2D eigenvalue weighted by atomic mass is 32.1. The number of hydrogen-bond donors (Lipinski definition) is 1. The third kappa shape index (κ3) is 6.66. The molecule has 0 saturated heterocycles. The van der Waals surface area contributed by atoms with Crippen molar-refractivity contribution < 1.29 is 23.0 Å². The number of ether oxygens (including phenoxy) is 2. The summed E-state index contributed by atoms with van der Waals surface area (Å²) in [7, 11) is 1.48. The first kappa shape index (κ1) is 25.3. The highest BCUT2D eigenvalue weighted by Crippen LogP contribution is 2.30. The van der Waals surface area contributed by atoms with Crippen molar-refractivity contribution in [3.05, 3.63) is 59.3 Å². The van der Waals surface area contributed by atoms with E-state index in [1.54, 1.807) is 25.3 Å². The first-order valence-electron chi connectivity index (χ1n) is 11.1. The van der Waals surface area contributed by atoms with Crippen LogP contribution in [0.15, 0.2) is 36.8 Å². The Morgan fingerprint density at radius 2 is 1.94 bits per heavy atom. The molecule has 5 rings (SSSR count). The minimum absolute atomic E-state index is 0.215. The summed E-state index contributed by atoms with van der Waals surface area (Å²) in [5.41, 5.74) is 2.29. The number of amides is 1. The molecule has 0 unspecified atom stereocenters. The van der Waals surface area contributed by atoms with Gasteiger partial charge in [-0.25, -0.2) is 13.8 Å². The van der Waals surface area contributed by atoms with E-state index in [0.29, 0.717) is 50.9 Å². The van der Waals surface area contributed by atoms with Crippen LogP contribution < -0.4 is 14.8 Å². The number of thiazole rings is 1. The predicted octanol–water partition coefficient (Wildman–Crippen LogP) is 5.17. The Hall–Kier alpha value is -3.80. The fourth-order valence-corrected chi connectivity index (χ4v) is 3.77. The number of hydrogen-bond acceptors (Lipinski definition) is 9. The maximum absolute atomic E-state index is 12.2. The fraction of sp³-hybridized carbons (Fsp3) is 0.333. The van der Waals surface area contributed by atoms with Crippen molar-refractivity contribution in [2.45, 2.75) is 33.1 Å². The molecule has 0 atom stereocenters. The molecule has 1 N–H and O–H groups in total. The van der Waals surface area contributed by atoms with Gasteiger partial charge in [0.15, 0.2) is 15.6 Å². The highest BCUT2D eigenvalue weighted by molar-refractivity contribution is 7.21. The number of nitrogens with zero attached hydrogens (tertiary/aromatic N) is 5. The lowest BCUT2D eigenvalue weighted by molar-refractivity contribution is 0.102. The van der Waals surface area contributed by atoms with Crippen LogP contribution in [-0.4, -0.2) is 44.5 Å².